The van der Waals surface area contributed by atoms with Gasteiger partial charge in [0, 0.05) is 30.6 Å². The lowest BCUT2D eigenvalue weighted by atomic mass is 10.1. The molecule has 0 bridgehead atoms. The molecule has 2 aromatic heterocycles. The first-order valence-electron chi connectivity index (χ1n) is 5.72. The second kappa shape index (κ2) is 4.11. The highest BCUT2D eigenvalue weighted by Gasteiger charge is 2.15. The van der Waals surface area contributed by atoms with Crippen molar-refractivity contribution in [3.63, 3.8) is 0 Å². The molecule has 1 aliphatic rings. The van der Waals surface area contributed by atoms with E-state index in [4.69, 9.17) is 0 Å². The molecule has 0 fully saturated rings. The van der Waals surface area contributed by atoms with Gasteiger partial charge in [-0.2, -0.15) is 0 Å². The zero-order valence-electron chi connectivity index (χ0n) is 9.34. The van der Waals surface area contributed by atoms with Gasteiger partial charge in [-0.05, 0) is 23.4 Å². The summed E-state index contributed by atoms with van der Waals surface area (Å²) >= 11 is 1.79. The van der Waals surface area contributed by atoms with Gasteiger partial charge in [0.15, 0.2) is 0 Å². The zero-order chi connectivity index (χ0) is 11.0. The van der Waals surface area contributed by atoms with Crippen molar-refractivity contribution in [3.05, 3.63) is 23.4 Å². The maximum Gasteiger partial charge on any atom is 0.139 e. The third kappa shape index (κ3) is 1.62. The van der Waals surface area contributed by atoms with Crippen LogP contribution in [-0.4, -0.2) is 22.3 Å². The highest BCUT2D eigenvalue weighted by molar-refractivity contribution is 7.99. The minimum Gasteiger partial charge on any atom is -0.343 e. The molecule has 0 aliphatic carbocycles. The van der Waals surface area contributed by atoms with Gasteiger partial charge in [0.1, 0.15) is 5.65 Å². The van der Waals surface area contributed by atoms with Gasteiger partial charge >= 0.3 is 0 Å². The summed E-state index contributed by atoms with van der Waals surface area (Å²) in [5.41, 5.74) is 3.81. The van der Waals surface area contributed by atoms with Crippen molar-refractivity contribution < 1.29 is 0 Å². The Labute approximate surface area is 99.0 Å². The van der Waals surface area contributed by atoms with Crippen molar-refractivity contribution in [2.75, 3.05) is 12.3 Å². The second-order valence-corrected chi connectivity index (χ2v) is 5.27. The molecule has 0 saturated heterocycles. The Morgan fingerprint density at radius 2 is 2.38 bits per heavy atom. The summed E-state index contributed by atoms with van der Waals surface area (Å²) in [6.45, 7) is 4.19. The van der Waals surface area contributed by atoms with Crippen molar-refractivity contribution >= 4 is 22.8 Å². The lowest BCUT2D eigenvalue weighted by Gasteiger charge is -2.12. The summed E-state index contributed by atoms with van der Waals surface area (Å²) in [5, 5.41) is 5.80. The Bertz CT molecular complexity index is 518. The Morgan fingerprint density at radius 3 is 3.25 bits per heavy atom. The molecule has 0 amide bonds. The lowest BCUT2D eigenvalue weighted by Crippen LogP contribution is -2.22. The summed E-state index contributed by atoms with van der Waals surface area (Å²) in [6, 6.07) is 4.32. The molecule has 1 aliphatic heterocycles. The van der Waals surface area contributed by atoms with Crippen LogP contribution in [-0.2, 0) is 13.0 Å². The summed E-state index contributed by atoms with van der Waals surface area (Å²) in [7, 11) is 0. The number of nitrogens with zero attached hydrogens (tertiary/aromatic N) is 1. The quantitative estimate of drug-likeness (QED) is 0.782. The van der Waals surface area contributed by atoms with Crippen LogP contribution in [0.2, 0.25) is 0 Å². The van der Waals surface area contributed by atoms with Gasteiger partial charge in [0.2, 0.25) is 0 Å². The van der Waals surface area contributed by atoms with E-state index in [0.717, 1.165) is 35.9 Å². The highest BCUT2D eigenvalue weighted by Crippen LogP contribution is 2.26. The number of fused-ring (bicyclic) bond motifs is 3. The number of aromatic amines is 1. The van der Waals surface area contributed by atoms with Gasteiger partial charge < -0.3 is 10.3 Å². The largest absolute Gasteiger partial charge is 0.343 e. The zero-order valence-corrected chi connectivity index (χ0v) is 10.2. The number of H-pyrrole nitrogens is 1. The average Bonchev–Trinajstić information content (AvgIpc) is 2.67. The number of pyridine rings is 1. The van der Waals surface area contributed by atoms with Crippen molar-refractivity contribution in [2.24, 2.45) is 0 Å². The SMILES string of the molecule is CCSc1ccc2c3c([nH]c2n1)CCNC3. The predicted octanol–water partition coefficient (Wildman–Crippen LogP) is 2.32. The van der Waals surface area contributed by atoms with E-state index < -0.39 is 0 Å². The first-order valence-corrected chi connectivity index (χ1v) is 6.71. The van der Waals surface area contributed by atoms with Crippen LogP contribution in [0.3, 0.4) is 0 Å². The van der Waals surface area contributed by atoms with Crippen molar-refractivity contribution in [1.29, 1.82) is 0 Å². The van der Waals surface area contributed by atoms with Crippen LogP contribution in [0.5, 0.6) is 0 Å². The van der Waals surface area contributed by atoms with Gasteiger partial charge in [-0.15, -0.1) is 11.8 Å². The van der Waals surface area contributed by atoms with E-state index in [-0.39, 0.29) is 0 Å². The lowest BCUT2D eigenvalue weighted by molar-refractivity contribution is 0.640. The monoisotopic (exact) mass is 233 g/mol. The first kappa shape index (κ1) is 10.2. The molecule has 16 heavy (non-hydrogen) atoms. The van der Waals surface area contributed by atoms with Crippen LogP contribution in [0.25, 0.3) is 11.0 Å². The van der Waals surface area contributed by atoms with Crippen LogP contribution in [0.1, 0.15) is 18.2 Å². The molecule has 0 spiro atoms. The fraction of sp³-hybridized carbons (Fsp3) is 0.417. The number of hydrogen-bond donors (Lipinski definition) is 2. The van der Waals surface area contributed by atoms with E-state index >= 15 is 0 Å². The van der Waals surface area contributed by atoms with Crippen LogP contribution >= 0.6 is 11.8 Å². The second-order valence-electron chi connectivity index (χ2n) is 3.99. The van der Waals surface area contributed by atoms with Crippen LogP contribution < -0.4 is 5.32 Å². The van der Waals surface area contributed by atoms with E-state index in [1.165, 1.54) is 16.6 Å². The maximum absolute atomic E-state index is 4.65. The molecule has 0 unspecified atom stereocenters. The maximum atomic E-state index is 4.65. The van der Waals surface area contributed by atoms with Crippen LogP contribution in [0.4, 0.5) is 0 Å². The first-order chi connectivity index (χ1) is 7.88. The van der Waals surface area contributed by atoms with Crippen molar-refractivity contribution in [3.8, 4) is 0 Å². The Morgan fingerprint density at radius 1 is 1.44 bits per heavy atom. The molecule has 0 atom stereocenters. The predicted molar refractivity (Wildman–Crippen MR) is 67.9 cm³/mol. The molecule has 4 heteroatoms. The molecule has 3 rings (SSSR count). The van der Waals surface area contributed by atoms with Gasteiger partial charge in [-0.25, -0.2) is 4.98 Å². The molecule has 2 aromatic rings. The van der Waals surface area contributed by atoms with Crippen molar-refractivity contribution in [1.82, 2.24) is 15.3 Å². The summed E-state index contributed by atoms with van der Waals surface area (Å²) in [5.74, 6) is 1.07. The van der Waals surface area contributed by atoms with E-state index in [2.05, 4.69) is 34.3 Å². The average molecular weight is 233 g/mol. The molecule has 0 radical (unpaired) electrons. The molecule has 2 N–H and O–H groups in total. The molecule has 3 nitrogen and oxygen atoms in total. The Balaban J connectivity index is 2.11. The minimum atomic E-state index is 0.970. The highest BCUT2D eigenvalue weighted by atomic mass is 32.2. The topological polar surface area (TPSA) is 40.7 Å². The van der Waals surface area contributed by atoms with Crippen LogP contribution in [0.15, 0.2) is 17.2 Å². The van der Waals surface area contributed by atoms with Gasteiger partial charge in [-0.1, -0.05) is 6.92 Å². The van der Waals surface area contributed by atoms with Gasteiger partial charge in [0.05, 0.1) is 5.03 Å². The number of aromatic nitrogens is 2. The van der Waals surface area contributed by atoms with E-state index in [1.807, 2.05) is 0 Å². The van der Waals surface area contributed by atoms with E-state index in [0.29, 0.717) is 0 Å². The summed E-state index contributed by atoms with van der Waals surface area (Å²) in [4.78, 5) is 8.10. The normalized spacial score (nSPS) is 15.3. The summed E-state index contributed by atoms with van der Waals surface area (Å²) in [6.07, 6.45) is 1.09. The van der Waals surface area contributed by atoms with E-state index in [1.54, 1.807) is 11.8 Å². The fourth-order valence-corrected chi connectivity index (χ4v) is 2.85. The molecule has 0 aromatic carbocycles. The molecule has 0 saturated carbocycles. The standard InChI is InChI=1S/C12H15N3S/c1-2-16-11-4-3-8-9-7-13-6-5-10(9)14-12(8)15-11/h3-4,13H,2,5-7H2,1H3,(H,14,15). The number of hydrogen-bond acceptors (Lipinski definition) is 3. The van der Waals surface area contributed by atoms with E-state index in [9.17, 15) is 0 Å². The minimum absolute atomic E-state index is 0.970. The summed E-state index contributed by atoms with van der Waals surface area (Å²) < 4.78 is 0. The third-order valence-corrected chi connectivity index (χ3v) is 3.79. The van der Waals surface area contributed by atoms with Gasteiger partial charge in [-0.3, -0.25) is 0 Å². The van der Waals surface area contributed by atoms with Crippen molar-refractivity contribution in [2.45, 2.75) is 24.9 Å². The van der Waals surface area contributed by atoms with Gasteiger partial charge in [0.25, 0.3) is 0 Å². The number of thioether (sulfide) groups is 1. The number of rotatable bonds is 2. The molecule has 3 heterocycles. The third-order valence-electron chi connectivity index (χ3n) is 2.97. The Kier molecular flexibility index (Phi) is 2.61. The fourth-order valence-electron chi connectivity index (χ4n) is 2.23. The molecular formula is C12H15N3S. The van der Waals surface area contributed by atoms with Crippen LogP contribution in [0, 0.1) is 0 Å². The molecular weight excluding hydrogens is 218 g/mol. The molecule has 84 valence electrons. The smallest absolute Gasteiger partial charge is 0.139 e. The Hall–Kier alpha value is -1.00. The number of nitrogens with one attached hydrogen (secondary N) is 2.